The number of non-ortho nitro benzene ring substituents is 1. The van der Waals surface area contributed by atoms with Gasteiger partial charge in [0.15, 0.2) is 0 Å². The Balaban J connectivity index is 2.24. The number of ether oxygens (including phenoxy) is 1. The molecule has 0 aromatic heterocycles. The van der Waals surface area contributed by atoms with Crippen molar-refractivity contribution in [1.29, 1.82) is 0 Å². The van der Waals surface area contributed by atoms with Crippen molar-refractivity contribution >= 4 is 28.9 Å². The van der Waals surface area contributed by atoms with Crippen molar-refractivity contribution in [3.05, 3.63) is 63.2 Å². The van der Waals surface area contributed by atoms with E-state index in [4.69, 9.17) is 11.6 Å². The van der Waals surface area contributed by atoms with Crippen molar-refractivity contribution in [2.75, 3.05) is 5.32 Å². The maximum atomic E-state index is 12.3. The highest BCUT2D eigenvalue weighted by Gasteiger charge is 2.17. The van der Waals surface area contributed by atoms with Crippen LogP contribution in [-0.2, 0) is 0 Å². The fraction of sp³-hybridized carbons (Fsp3) is 0.0714. The molecule has 0 aliphatic rings. The van der Waals surface area contributed by atoms with Gasteiger partial charge in [-0.3, -0.25) is 14.9 Å². The highest BCUT2D eigenvalue weighted by molar-refractivity contribution is 6.34. The van der Waals surface area contributed by atoms with E-state index in [2.05, 4.69) is 10.1 Å². The molecule has 6 nitrogen and oxygen atoms in total. The zero-order valence-corrected chi connectivity index (χ0v) is 12.1. The third-order valence-electron chi connectivity index (χ3n) is 2.76. The Bertz CT molecular complexity index is 755. The fourth-order valence-corrected chi connectivity index (χ4v) is 2.02. The Morgan fingerprint density at radius 2 is 1.96 bits per heavy atom. The van der Waals surface area contributed by atoms with Crippen LogP contribution in [0.1, 0.15) is 10.4 Å². The minimum atomic E-state index is -3.05. The lowest BCUT2D eigenvalue weighted by atomic mass is 10.2. The van der Waals surface area contributed by atoms with Gasteiger partial charge in [-0.05, 0) is 18.2 Å². The van der Waals surface area contributed by atoms with Gasteiger partial charge in [-0.15, -0.1) is 0 Å². The lowest BCUT2D eigenvalue weighted by Crippen LogP contribution is -2.14. The van der Waals surface area contributed by atoms with Gasteiger partial charge in [0.25, 0.3) is 11.6 Å². The highest BCUT2D eigenvalue weighted by Crippen LogP contribution is 2.28. The number of amides is 1. The number of para-hydroxylation sites is 2. The minimum absolute atomic E-state index is 0.0206. The van der Waals surface area contributed by atoms with Gasteiger partial charge in [0, 0.05) is 12.1 Å². The van der Waals surface area contributed by atoms with E-state index in [0.717, 1.165) is 12.1 Å². The first kappa shape index (κ1) is 16.6. The molecule has 0 radical (unpaired) electrons. The highest BCUT2D eigenvalue weighted by atomic mass is 35.5. The van der Waals surface area contributed by atoms with Gasteiger partial charge in [0.1, 0.15) is 5.75 Å². The topological polar surface area (TPSA) is 81.5 Å². The van der Waals surface area contributed by atoms with Crippen LogP contribution in [0.5, 0.6) is 5.75 Å². The number of halogens is 3. The molecule has 0 saturated carbocycles. The summed E-state index contributed by atoms with van der Waals surface area (Å²) in [6.45, 7) is -3.05. The number of carbonyl (C=O) groups is 1. The number of hydrogen-bond acceptors (Lipinski definition) is 4. The second kappa shape index (κ2) is 7.01. The summed E-state index contributed by atoms with van der Waals surface area (Å²) in [5.74, 6) is -0.927. The van der Waals surface area contributed by atoms with Gasteiger partial charge in [-0.25, -0.2) is 0 Å². The van der Waals surface area contributed by atoms with Crippen molar-refractivity contribution in [3.63, 3.8) is 0 Å². The number of nitro benzene ring substituents is 1. The average Bonchev–Trinajstić information content (AvgIpc) is 2.48. The van der Waals surface area contributed by atoms with Crippen LogP contribution >= 0.6 is 11.6 Å². The van der Waals surface area contributed by atoms with Crippen LogP contribution in [0.15, 0.2) is 42.5 Å². The van der Waals surface area contributed by atoms with Crippen LogP contribution in [-0.4, -0.2) is 17.4 Å². The van der Waals surface area contributed by atoms with Crippen LogP contribution in [0.25, 0.3) is 0 Å². The van der Waals surface area contributed by atoms with Crippen LogP contribution in [0.3, 0.4) is 0 Å². The normalized spacial score (nSPS) is 10.4. The van der Waals surface area contributed by atoms with Crippen molar-refractivity contribution in [1.82, 2.24) is 0 Å². The van der Waals surface area contributed by atoms with Crippen LogP contribution < -0.4 is 10.1 Å². The number of alkyl halides is 2. The number of nitro groups is 1. The summed E-state index contributed by atoms with van der Waals surface area (Å²) >= 11 is 5.84. The van der Waals surface area contributed by atoms with Gasteiger partial charge in [0.05, 0.1) is 21.2 Å². The molecule has 0 atom stereocenters. The Labute approximate surface area is 133 Å². The summed E-state index contributed by atoms with van der Waals surface area (Å²) in [5, 5.41) is 12.9. The minimum Gasteiger partial charge on any atom is -0.433 e. The quantitative estimate of drug-likeness (QED) is 0.655. The number of carbonyl (C=O) groups excluding carboxylic acids is 1. The molecular weight excluding hydrogens is 334 g/mol. The van der Waals surface area contributed by atoms with Gasteiger partial charge in [-0.2, -0.15) is 8.78 Å². The number of benzene rings is 2. The summed E-state index contributed by atoms with van der Waals surface area (Å²) < 4.78 is 28.9. The number of hydrogen-bond donors (Lipinski definition) is 1. The monoisotopic (exact) mass is 342 g/mol. The molecule has 2 rings (SSSR count). The zero-order chi connectivity index (χ0) is 17.0. The van der Waals surface area contributed by atoms with Crippen molar-refractivity contribution in [2.45, 2.75) is 6.61 Å². The molecule has 23 heavy (non-hydrogen) atoms. The molecule has 0 heterocycles. The molecule has 0 aliphatic heterocycles. The molecule has 1 amide bonds. The smallest absolute Gasteiger partial charge is 0.387 e. The second-order valence-corrected chi connectivity index (χ2v) is 4.66. The molecule has 0 bridgehead atoms. The lowest BCUT2D eigenvalue weighted by Gasteiger charge is -2.12. The molecule has 0 fully saturated rings. The molecule has 2 aromatic carbocycles. The SMILES string of the molecule is O=C(Nc1ccccc1OC(F)F)c1ccc([N+](=O)[O-])cc1Cl. The molecule has 120 valence electrons. The molecular formula is C14H9ClF2N2O4. The number of nitrogens with one attached hydrogen (secondary N) is 1. The number of nitrogens with zero attached hydrogens (tertiary/aromatic N) is 1. The molecule has 0 saturated heterocycles. The van der Waals surface area contributed by atoms with Crippen molar-refractivity contribution < 1.29 is 23.2 Å². The van der Waals surface area contributed by atoms with Gasteiger partial charge in [0.2, 0.25) is 0 Å². The largest absolute Gasteiger partial charge is 0.433 e. The number of rotatable bonds is 5. The molecule has 1 N–H and O–H groups in total. The van der Waals surface area contributed by atoms with Crippen molar-refractivity contribution in [2.24, 2.45) is 0 Å². The Hall–Kier alpha value is -2.74. The first-order valence-corrected chi connectivity index (χ1v) is 6.55. The molecule has 0 unspecified atom stereocenters. The van der Waals surface area contributed by atoms with Crippen LogP contribution in [0, 0.1) is 10.1 Å². The van der Waals surface area contributed by atoms with E-state index in [1.807, 2.05) is 0 Å². The van der Waals surface area contributed by atoms with E-state index >= 15 is 0 Å². The van der Waals surface area contributed by atoms with E-state index in [1.54, 1.807) is 0 Å². The predicted molar refractivity (Wildman–Crippen MR) is 79.1 cm³/mol. The zero-order valence-electron chi connectivity index (χ0n) is 11.3. The van der Waals surface area contributed by atoms with E-state index in [9.17, 15) is 23.7 Å². The Kier molecular flexibility index (Phi) is 5.07. The van der Waals surface area contributed by atoms with E-state index in [1.165, 1.54) is 30.3 Å². The van der Waals surface area contributed by atoms with Crippen molar-refractivity contribution in [3.8, 4) is 5.75 Å². The Morgan fingerprint density at radius 1 is 1.26 bits per heavy atom. The first-order chi connectivity index (χ1) is 10.9. The van der Waals surface area contributed by atoms with E-state index < -0.39 is 17.4 Å². The summed E-state index contributed by atoms with van der Waals surface area (Å²) in [4.78, 5) is 22.1. The maximum Gasteiger partial charge on any atom is 0.387 e. The molecule has 9 heteroatoms. The average molecular weight is 343 g/mol. The van der Waals surface area contributed by atoms with Crippen LogP contribution in [0.2, 0.25) is 5.02 Å². The first-order valence-electron chi connectivity index (χ1n) is 6.17. The summed E-state index contributed by atoms with van der Waals surface area (Å²) in [6, 6.07) is 8.93. The Morgan fingerprint density at radius 3 is 2.57 bits per heavy atom. The summed E-state index contributed by atoms with van der Waals surface area (Å²) in [6.07, 6.45) is 0. The maximum absolute atomic E-state index is 12.3. The molecule has 0 aliphatic carbocycles. The van der Waals surface area contributed by atoms with Gasteiger partial charge in [-0.1, -0.05) is 23.7 Å². The lowest BCUT2D eigenvalue weighted by molar-refractivity contribution is -0.384. The van der Waals surface area contributed by atoms with Crippen LogP contribution in [0.4, 0.5) is 20.2 Å². The second-order valence-electron chi connectivity index (χ2n) is 4.25. The predicted octanol–water partition coefficient (Wildman–Crippen LogP) is 4.10. The third-order valence-corrected chi connectivity index (χ3v) is 3.07. The summed E-state index contributed by atoms with van der Waals surface area (Å²) in [7, 11) is 0. The van der Waals surface area contributed by atoms with E-state index in [0.29, 0.717) is 0 Å². The summed E-state index contributed by atoms with van der Waals surface area (Å²) in [5.41, 5.74) is -0.288. The third kappa shape index (κ3) is 4.13. The van der Waals surface area contributed by atoms with Gasteiger partial charge >= 0.3 is 6.61 Å². The van der Waals surface area contributed by atoms with Gasteiger partial charge < -0.3 is 10.1 Å². The molecule has 0 spiro atoms. The standard InChI is InChI=1S/C14H9ClF2N2O4/c15-10-7-8(19(21)22)5-6-9(10)13(20)18-11-3-1-2-4-12(11)23-14(16)17/h1-7,14H,(H,18,20). The van der Waals surface area contributed by atoms with E-state index in [-0.39, 0.29) is 27.7 Å². The molecule has 2 aromatic rings. The number of anilines is 1. The fourth-order valence-electron chi connectivity index (χ4n) is 1.76.